The van der Waals surface area contributed by atoms with E-state index in [0.717, 1.165) is 17.2 Å². The third-order valence-corrected chi connectivity index (χ3v) is 3.24. The number of benzene rings is 1. The fraction of sp³-hybridized carbons (Fsp3) is 0.133. The lowest BCUT2D eigenvalue weighted by molar-refractivity contribution is -0.140. The molecule has 0 amide bonds. The number of nitrogens with one attached hydrogen (secondary N) is 1. The standard InChI is InChI=1S/C15H11F3N2O/c1-21-13-4-5-19-8-11(13)9-2-3-12-10(6-9)7-14(20-12)15(16,17)18/h2-8,20H,1H3. The third kappa shape index (κ3) is 2.44. The van der Waals surface area contributed by atoms with Gasteiger partial charge in [0.25, 0.3) is 0 Å². The molecule has 1 aromatic carbocycles. The average Bonchev–Trinajstić information content (AvgIpc) is 2.90. The van der Waals surface area contributed by atoms with Crippen molar-refractivity contribution in [3.63, 3.8) is 0 Å². The zero-order valence-electron chi connectivity index (χ0n) is 11.0. The van der Waals surface area contributed by atoms with E-state index in [2.05, 4.69) is 9.97 Å². The molecule has 3 nitrogen and oxygen atoms in total. The number of pyridine rings is 1. The van der Waals surface area contributed by atoms with Gasteiger partial charge in [-0.15, -0.1) is 0 Å². The lowest BCUT2D eigenvalue weighted by Crippen LogP contribution is -2.04. The van der Waals surface area contributed by atoms with Gasteiger partial charge in [0.05, 0.1) is 7.11 Å². The van der Waals surface area contributed by atoms with Crippen LogP contribution in [0.25, 0.3) is 22.0 Å². The van der Waals surface area contributed by atoms with E-state index in [1.165, 1.54) is 7.11 Å². The Morgan fingerprint density at radius 1 is 1.14 bits per heavy atom. The van der Waals surface area contributed by atoms with E-state index in [1.807, 2.05) is 0 Å². The zero-order chi connectivity index (χ0) is 15.0. The van der Waals surface area contributed by atoms with Gasteiger partial charge in [-0.3, -0.25) is 4.98 Å². The SMILES string of the molecule is COc1ccncc1-c1ccc2[nH]c(C(F)(F)F)cc2c1. The number of H-pyrrole nitrogens is 1. The van der Waals surface area contributed by atoms with E-state index in [1.54, 1.807) is 36.7 Å². The maximum absolute atomic E-state index is 12.7. The number of halogens is 3. The summed E-state index contributed by atoms with van der Waals surface area (Å²) in [6, 6.07) is 7.84. The van der Waals surface area contributed by atoms with Gasteiger partial charge < -0.3 is 9.72 Å². The van der Waals surface area contributed by atoms with Crippen LogP contribution in [0.15, 0.2) is 42.7 Å². The largest absolute Gasteiger partial charge is 0.496 e. The van der Waals surface area contributed by atoms with Gasteiger partial charge >= 0.3 is 6.18 Å². The van der Waals surface area contributed by atoms with Crippen molar-refractivity contribution in [3.05, 3.63) is 48.4 Å². The molecule has 0 aliphatic carbocycles. The number of rotatable bonds is 2. The molecular formula is C15H11F3N2O. The first kappa shape index (κ1) is 13.5. The highest BCUT2D eigenvalue weighted by Gasteiger charge is 2.32. The summed E-state index contributed by atoms with van der Waals surface area (Å²) in [4.78, 5) is 6.40. The van der Waals surface area contributed by atoms with Crippen molar-refractivity contribution in [3.8, 4) is 16.9 Å². The maximum atomic E-state index is 12.7. The van der Waals surface area contributed by atoms with Crippen LogP contribution in [-0.4, -0.2) is 17.1 Å². The first-order chi connectivity index (χ1) is 9.99. The summed E-state index contributed by atoms with van der Waals surface area (Å²) in [5, 5.41) is 0.491. The lowest BCUT2D eigenvalue weighted by Gasteiger charge is -2.07. The molecule has 0 bridgehead atoms. The van der Waals surface area contributed by atoms with E-state index in [-0.39, 0.29) is 0 Å². The van der Waals surface area contributed by atoms with Gasteiger partial charge in [0.1, 0.15) is 11.4 Å². The highest BCUT2D eigenvalue weighted by atomic mass is 19.4. The number of ether oxygens (including phenoxy) is 1. The number of fused-ring (bicyclic) bond motifs is 1. The second-order valence-corrected chi connectivity index (χ2v) is 4.56. The van der Waals surface area contributed by atoms with Crippen LogP contribution in [0.2, 0.25) is 0 Å². The molecule has 0 aliphatic heterocycles. The first-order valence-electron chi connectivity index (χ1n) is 6.17. The van der Waals surface area contributed by atoms with Gasteiger partial charge in [-0.2, -0.15) is 13.2 Å². The van der Waals surface area contributed by atoms with Crippen molar-refractivity contribution in [2.75, 3.05) is 7.11 Å². The van der Waals surface area contributed by atoms with Crippen molar-refractivity contribution in [1.82, 2.24) is 9.97 Å². The minimum Gasteiger partial charge on any atom is -0.496 e. The van der Waals surface area contributed by atoms with Crippen LogP contribution in [0.1, 0.15) is 5.69 Å². The van der Waals surface area contributed by atoms with Crippen molar-refractivity contribution < 1.29 is 17.9 Å². The predicted molar refractivity (Wildman–Crippen MR) is 73.1 cm³/mol. The van der Waals surface area contributed by atoms with Crippen molar-refractivity contribution >= 4 is 10.9 Å². The van der Waals surface area contributed by atoms with Crippen LogP contribution in [-0.2, 0) is 6.18 Å². The summed E-state index contributed by atoms with van der Waals surface area (Å²) >= 11 is 0. The number of hydrogen-bond donors (Lipinski definition) is 1. The minimum absolute atomic E-state index is 0.439. The molecule has 2 heterocycles. The second kappa shape index (κ2) is 4.80. The molecule has 0 spiro atoms. The van der Waals surface area contributed by atoms with Gasteiger partial charge in [0.15, 0.2) is 0 Å². The molecule has 108 valence electrons. The molecule has 2 aromatic heterocycles. The zero-order valence-corrected chi connectivity index (χ0v) is 11.0. The summed E-state index contributed by atoms with van der Waals surface area (Å²) in [7, 11) is 1.54. The monoisotopic (exact) mass is 292 g/mol. The molecule has 1 N–H and O–H groups in total. The molecule has 0 fully saturated rings. The van der Waals surface area contributed by atoms with E-state index in [9.17, 15) is 13.2 Å². The quantitative estimate of drug-likeness (QED) is 0.766. The smallest absolute Gasteiger partial charge is 0.431 e. The maximum Gasteiger partial charge on any atom is 0.431 e. The summed E-state index contributed by atoms with van der Waals surface area (Å²) in [6.45, 7) is 0. The van der Waals surface area contributed by atoms with Crippen LogP contribution >= 0.6 is 0 Å². The Labute approximate surface area is 118 Å². The molecule has 0 atom stereocenters. The fourth-order valence-corrected chi connectivity index (χ4v) is 2.23. The molecule has 0 saturated heterocycles. The first-order valence-corrected chi connectivity index (χ1v) is 6.17. The highest BCUT2D eigenvalue weighted by molar-refractivity contribution is 5.87. The molecule has 0 aliphatic rings. The molecule has 0 saturated carbocycles. The van der Waals surface area contributed by atoms with Gasteiger partial charge in [-0.05, 0) is 29.8 Å². The van der Waals surface area contributed by atoms with Crippen LogP contribution in [0.3, 0.4) is 0 Å². The summed E-state index contributed by atoms with van der Waals surface area (Å²) in [5.74, 6) is 0.621. The van der Waals surface area contributed by atoms with Crippen molar-refractivity contribution in [2.45, 2.75) is 6.18 Å². The predicted octanol–water partition coefficient (Wildman–Crippen LogP) is 4.26. The number of nitrogens with zero attached hydrogens (tertiary/aromatic N) is 1. The molecule has 3 aromatic rings. The molecule has 0 unspecified atom stereocenters. The summed E-state index contributed by atoms with van der Waals surface area (Å²) in [5.41, 5.74) is 1.17. The molecule has 3 rings (SSSR count). The Hall–Kier alpha value is -2.50. The summed E-state index contributed by atoms with van der Waals surface area (Å²) in [6.07, 6.45) is -1.17. The van der Waals surface area contributed by atoms with Gasteiger partial charge in [0, 0.05) is 28.9 Å². The van der Waals surface area contributed by atoms with Gasteiger partial charge in [-0.25, -0.2) is 0 Å². The number of hydrogen-bond acceptors (Lipinski definition) is 2. The van der Waals surface area contributed by atoms with Crippen molar-refractivity contribution in [1.29, 1.82) is 0 Å². The van der Waals surface area contributed by atoms with Crippen LogP contribution in [0.5, 0.6) is 5.75 Å². The van der Waals surface area contributed by atoms with E-state index in [4.69, 9.17) is 4.74 Å². The van der Waals surface area contributed by atoms with E-state index >= 15 is 0 Å². The minimum atomic E-state index is -4.38. The molecule has 6 heteroatoms. The van der Waals surface area contributed by atoms with E-state index in [0.29, 0.717) is 16.7 Å². The van der Waals surface area contributed by atoms with Crippen LogP contribution < -0.4 is 4.74 Å². The molecular weight excluding hydrogens is 281 g/mol. The van der Waals surface area contributed by atoms with Crippen molar-refractivity contribution in [2.24, 2.45) is 0 Å². The lowest BCUT2D eigenvalue weighted by atomic mass is 10.1. The van der Waals surface area contributed by atoms with E-state index < -0.39 is 11.9 Å². The highest BCUT2D eigenvalue weighted by Crippen LogP contribution is 2.34. The number of aromatic amines is 1. The fourth-order valence-electron chi connectivity index (χ4n) is 2.23. The van der Waals surface area contributed by atoms with Gasteiger partial charge in [0.2, 0.25) is 0 Å². The normalized spacial score (nSPS) is 11.8. The van der Waals surface area contributed by atoms with Crippen LogP contribution in [0.4, 0.5) is 13.2 Å². The Balaban J connectivity index is 2.13. The third-order valence-electron chi connectivity index (χ3n) is 3.24. The summed E-state index contributed by atoms with van der Waals surface area (Å²) < 4.78 is 43.4. The number of alkyl halides is 3. The Morgan fingerprint density at radius 3 is 2.67 bits per heavy atom. The van der Waals surface area contributed by atoms with Gasteiger partial charge in [-0.1, -0.05) is 6.07 Å². The Bertz CT molecular complexity index is 793. The Kier molecular flexibility index (Phi) is 3.08. The average molecular weight is 292 g/mol. The second-order valence-electron chi connectivity index (χ2n) is 4.56. The van der Waals surface area contributed by atoms with Crippen LogP contribution in [0, 0.1) is 0 Å². The number of methoxy groups -OCH3 is 1. The topological polar surface area (TPSA) is 37.9 Å². The molecule has 21 heavy (non-hydrogen) atoms. The number of aromatic nitrogens is 2. The Morgan fingerprint density at radius 2 is 1.95 bits per heavy atom. The molecule has 0 radical (unpaired) electrons.